The number of nitrogens with one attached hydrogen (secondary N) is 1. The van der Waals surface area contributed by atoms with Crippen molar-refractivity contribution in [3.63, 3.8) is 0 Å². The number of hydrogen-bond acceptors (Lipinski definition) is 2. The lowest BCUT2D eigenvalue weighted by Crippen LogP contribution is -2.29. The van der Waals surface area contributed by atoms with Crippen molar-refractivity contribution in [2.45, 2.75) is 51.7 Å². The summed E-state index contributed by atoms with van der Waals surface area (Å²) in [6, 6.07) is 3.19. The number of rotatable bonds is 4. The molecule has 1 aliphatic rings. The standard InChI is InChI=1S/C13H21N3/c1-11(2)16-9-8-13(15-16)10-14-12-6-4-3-5-7-12/h3-4,8-9,11-12,14H,5-7,10H2,1-2H3. The van der Waals surface area contributed by atoms with E-state index in [0.717, 1.165) is 18.7 Å². The van der Waals surface area contributed by atoms with Crippen LogP contribution >= 0.6 is 0 Å². The SMILES string of the molecule is CC(C)n1ccc(CNC2CC=CCC2)n1. The molecule has 3 nitrogen and oxygen atoms in total. The molecule has 0 amide bonds. The van der Waals surface area contributed by atoms with Crippen LogP contribution in [0.15, 0.2) is 24.4 Å². The highest BCUT2D eigenvalue weighted by Crippen LogP contribution is 2.11. The summed E-state index contributed by atoms with van der Waals surface area (Å²) in [5, 5.41) is 8.09. The lowest BCUT2D eigenvalue weighted by Gasteiger charge is -2.18. The lowest BCUT2D eigenvalue weighted by molar-refractivity contribution is 0.463. The van der Waals surface area contributed by atoms with E-state index in [1.807, 2.05) is 4.68 Å². The maximum absolute atomic E-state index is 4.53. The zero-order valence-electron chi connectivity index (χ0n) is 10.2. The Kier molecular flexibility index (Phi) is 3.78. The summed E-state index contributed by atoms with van der Waals surface area (Å²) in [5.41, 5.74) is 1.14. The number of allylic oxidation sites excluding steroid dienone is 1. The van der Waals surface area contributed by atoms with Crippen molar-refractivity contribution in [1.82, 2.24) is 15.1 Å². The van der Waals surface area contributed by atoms with Crippen molar-refractivity contribution in [1.29, 1.82) is 0 Å². The minimum absolute atomic E-state index is 0.450. The molecule has 0 saturated heterocycles. The Morgan fingerprint density at radius 1 is 1.50 bits per heavy atom. The van der Waals surface area contributed by atoms with Crippen LogP contribution in [-0.4, -0.2) is 15.8 Å². The van der Waals surface area contributed by atoms with Gasteiger partial charge in [-0.25, -0.2) is 0 Å². The molecule has 88 valence electrons. The molecule has 16 heavy (non-hydrogen) atoms. The van der Waals surface area contributed by atoms with Crippen LogP contribution in [0.2, 0.25) is 0 Å². The third kappa shape index (κ3) is 2.95. The van der Waals surface area contributed by atoms with Gasteiger partial charge in [0, 0.05) is 24.8 Å². The van der Waals surface area contributed by atoms with Gasteiger partial charge in [-0.15, -0.1) is 0 Å². The van der Waals surface area contributed by atoms with Gasteiger partial charge < -0.3 is 5.32 Å². The molecule has 0 radical (unpaired) electrons. The van der Waals surface area contributed by atoms with E-state index in [9.17, 15) is 0 Å². The summed E-state index contributed by atoms with van der Waals surface area (Å²) in [6.45, 7) is 5.19. The van der Waals surface area contributed by atoms with Crippen LogP contribution in [0.25, 0.3) is 0 Å². The van der Waals surface area contributed by atoms with E-state index in [4.69, 9.17) is 0 Å². The largest absolute Gasteiger partial charge is 0.308 e. The zero-order valence-corrected chi connectivity index (χ0v) is 10.2. The monoisotopic (exact) mass is 219 g/mol. The van der Waals surface area contributed by atoms with Gasteiger partial charge in [-0.05, 0) is 39.2 Å². The molecular formula is C13H21N3. The van der Waals surface area contributed by atoms with Gasteiger partial charge in [0.2, 0.25) is 0 Å². The topological polar surface area (TPSA) is 29.9 Å². The van der Waals surface area contributed by atoms with E-state index in [2.05, 4.69) is 48.7 Å². The lowest BCUT2D eigenvalue weighted by atomic mass is 10.0. The minimum atomic E-state index is 0.450. The molecule has 0 saturated carbocycles. The van der Waals surface area contributed by atoms with E-state index in [-0.39, 0.29) is 0 Å². The zero-order chi connectivity index (χ0) is 11.4. The van der Waals surface area contributed by atoms with Crippen LogP contribution in [-0.2, 0) is 6.54 Å². The molecular weight excluding hydrogens is 198 g/mol. The van der Waals surface area contributed by atoms with Crippen molar-refractivity contribution < 1.29 is 0 Å². The molecule has 1 atom stereocenters. The molecule has 2 rings (SSSR count). The Labute approximate surface area is 97.5 Å². The normalized spacial score (nSPS) is 20.6. The molecule has 3 heteroatoms. The Morgan fingerprint density at radius 2 is 2.38 bits per heavy atom. The smallest absolute Gasteiger partial charge is 0.0762 e. The molecule has 0 spiro atoms. The van der Waals surface area contributed by atoms with E-state index in [0.29, 0.717) is 12.1 Å². The maximum Gasteiger partial charge on any atom is 0.0762 e. The fourth-order valence-electron chi connectivity index (χ4n) is 1.99. The first-order valence-corrected chi connectivity index (χ1v) is 6.18. The van der Waals surface area contributed by atoms with Gasteiger partial charge in [0.25, 0.3) is 0 Å². The van der Waals surface area contributed by atoms with E-state index in [1.165, 1.54) is 12.8 Å². The summed E-state index contributed by atoms with van der Waals surface area (Å²) < 4.78 is 2.01. The van der Waals surface area contributed by atoms with Crippen LogP contribution in [0, 0.1) is 0 Å². The summed E-state index contributed by atoms with van der Waals surface area (Å²) >= 11 is 0. The van der Waals surface area contributed by atoms with Crippen molar-refractivity contribution in [3.8, 4) is 0 Å². The molecule has 1 aromatic rings. The molecule has 0 aliphatic heterocycles. The Hall–Kier alpha value is -1.09. The highest BCUT2D eigenvalue weighted by atomic mass is 15.3. The predicted molar refractivity (Wildman–Crippen MR) is 66.2 cm³/mol. The van der Waals surface area contributed by atoms with Gasteiger partial charge >= 0.3 is 0 Å². The Bertz CT molecular complexity index is 352. The Balaban J connectivity index is 1.82. The second-order valence-electron chi connectivity index (χ2n) is 4.74. The quantitative estimate of drug-likeness (QED) is 0.789. The highest BCUT2D eigenvalue weighted by molar-refractivity contribution is 5.00. The molecule has 1 N–H and O–H groups in total. The highest BCUT2D eigenvalue weighted by Gasteiger charge is 2.09. The number of aromatic nitrogens is 2. The van der Waals surface area contributed by atoms with Crippen LogP contribution < -0.4 is 5.32 Å². The molecule has 1 aromatic heterocycles. The van der Waals surface area contributed by atoms with E-state index >= 15 is 0 Å². The van der Waals surface area contributed by atoms with Crippen LogP contribution in [0.3, 0.4) is 0 Å². The van der Waals surface area contributed by atoms with E-state index in [1.54, 1.807) is 0 Å². The molecule has 0 bridgehead atoms. The van der Waals surface area contributed by atoms with E-state index < -0.39 is 0 Å². The third-order valence-electron chi connectivity index (χ3n) is 3.03. The first kappa shape index (κ1) is 11.4. The van der Waals surface area contributed by atoms with Gasteiger partial charge in [0.1, 0.15) is 0 Å². The molecule has 0 fully saturated rings. The predicted octanol–water partition coefficient (Wildman–Crippen LogP) is 2.66. The first-order chi connectivity index (χ1) is 7.75. The second kappa shape index (κ2) is 5.30. The average molecular weight is 219 g/mol. The van der Waals surface area contributed by atoms with Crippen molar-refractivity contribution in [2.24, 2.45) is 0 Å². The van der Waals surface area contributed by atoms with Crippen LogP contribution in [0.1, 0.15) is 44.8 Å². The van der Waals surface area contributed by atoms with Gasteiger partial charge in [-0.2, -0.15) is 5.10 Å². The average Bonchev–Trinajstić information content (AvgIpc) is 2.76. The summed E-state index contributed by atoms with van der Waals surface area (Å²) in [7, 11) is 0. The minimum Gasteiger partial charge on any atom is -0.308 e. The summed E-state index contributed by atoms with van der Waals surface area (Å²) in [5.74, 6) is 0. The van der Waals surface area contributed by atoms with Gasteiger partial charge in [0.05, 0.1) is 5.69 Å². The summed E-state index contributed by atoms with van der Waals surface area (Å²) in [6.07, 6.45) is 10.2. The summed E-state index contributed by atoms with van der Waals surface area (Å²) in [4.78, 5) is 0. The molecule has 1 aliphatic carbocycles. The number of nitrogens with zero attached hydrogens (tertiary/aromatic N) is 2. The van der Waals surface area contributed by atoms with Crippen molar-refractivity contribution in [3.05, 3.63) is 30.1 Å². The van der Waals surface area contributed by atoms with Crippen molar-refractivity contribution in [2.75, 3.05) is 0 Å². The Morgan fingerprint density at radius 3 is 3.00 bits per heavy atom. The maximum atomic E-state index is 4.53. The van der Waals surface area contributed by atoms with Gasteiger partial charge in [-0.3, -0.25) is 4.68 Å². The second-order valence-corrected chi connectivity index (χ2v) is 4.74. The van der Waals surface area contributed by atoms with Crippen LogP contribution in [0.5, 0.6) is 0 Å². The number of hydrogen-bond donors (Lipinski definition) is 1. The first-order valence-electron chi connectivity index (χ1n) is 6.18. The fourth-order valence-corrected chi connectivity index (χ4v) is 1.99. The third-order valence-corrected chi connectivity index (χ3v) is 3.03. The van der Waals surface area contributed by atoms with Gasteiger partial charge in [0.15, 0.2) is 0 Å². The molecule has 1 unspecified atom stereocenters. The molecule has 0 aromatic carbocycles. The van der Waals surface area contributed by atoms with Crippen molar-refractivity contribution >= 4 is 0 Å². The molecule has 1 heterocycles. The van der Waals surface area contributed by atoms with Gasteiger partial charge in [-0.1, -0.05) is 12.2 Å². The van der Waals surface area contributed by atoms with Crippen LogP contribution in [0.4, 0.5) is 0 Å². The fraction of sp³-hybridized carbons (Fsp3) is 0.615.